The molecule has 0 fully saturated rings. The van der Waals surface area contributed by atoms with E-state index in [9.17, 15) is 24.0 Å². The van der Waals surface area contributed by atoms with Gasteiger partial charge in [0, 0.05) is 11.1 Å². The zero-order valence-corrected chi connectivity index (χ0v) is 20.6. The van der Waals surface area contributed by atoms with Gasteiger partial charge in [0.1, 0.15) is 26.4 Å². The molecule has 0 spiro atoms. The summed E-state index contributed by atoms with van der Waals surface area (Å²) >= 11 is 0. The number of rotatable bonds is 14. The summed E-state index contributed by atoms with van der Waals surface area (Å²) in [6, 6.07) is 7.51. The molecule has 9 nitrogen and oxygen atoms in total. The van der Waals surface area contributed by atoms with Gasteiger partial charge < -0.3 is 18.9 Å². The molecule has 0 unspecified atom stereocenters. The van der Waals surface area contributed by atoms with Crippen molar-refractivity contribution in [3.05, 3.63) is 120 Å². The summed E-state index contributed by atoms with van der Waals surface area (Å²) in [5.74, 6) is -4.00. The first-order valence-electron chi connectivity index (χ1n) is 11.2. The van der Waals surface area contributed by atoms with Crippen molar-refractivity contribution in [2.75, 3.05) is 26.4 Å². The first-order valence-corrected chi connectivity index (χ1v) is 11.2. The Hall–Kier alpha value is -5.05. The van der Waals surface area contributed by atoms with E-state index < -0.39 is 29.7 Å². The van der Waals surface area contributed by atoms with E-state index in [4.69, 9.17) is 18.9 Å². The first kappa shape index (κ1) is 29.2. The topological polar surface area (TPSA) is 122 Å². The van der Waals surface area contributed by atoms with Crippen LogP contribution in [0.4, 0.5) is 0 Å². The number of carbonyl (C=O) groups excluding carboxylic acids is 5. The van der Waals surface area contributed by atoms with E-state index in [1.54, 1.807) is 0 Å². The average molecular weight is 519 g/mol. The zero-order chi connectivity index (χ0) is 28.1. The number of hydrogen-bond donors (Lipinski definition) is 0. The number of ketones is 1. The van der Waals surface area contributed by atoms with Crippen LogP contribution in [-0.2, 0) is 18.9 Å². The van der Waals surface area contributed by atoms with Crippen LogP contribution in [0.2, 0.25) is 0 Å². The molecule has 2 rings (SSSR count). The molecule has 0 aliphatic rings. The minimum absolute atomic E-state index is 0.00298. The van der Waals surface area contributed by atoms with Crippen LogP contribution in [0.15, 0.2) is 87.0 Å². The summed E-state index contributed by atoms with van der Waals surface area (Å²) in [5.41, 5.74) is -0.645. The van der Waals surface area contributed by atoms with E-state index >= 15 is 0 Å². The largest absolute Gasteiger partial charge is 0.458 e. The van der Waals surface area contributed by atoms with Gasteiger partial charge >= 0.3 is 23.9 Å². The van der Waals surface area contributed by atoms with Gasteiger partial charge in [-0.05, 0) is 24.3 Å². The van der Waals surface area contributed by atoms with Crippen molar-refractivity contribution in [2.24, 2.45) is 0 Å². The van der Waals surface area contributed by atoms with Gasteiger partial charge in [-0.1, -0.05) is 62.8 Å². The molecule has 0 aromatic heterocycles. The van der Waals surface area contributed by atoms with E-state index in [-0.39, 0.29) is 59.8 Å². The highest BCUT2D eigenvalue weighted by molar-refractivity contribution is 6.13. The standard InChI is InChI=1S/C29H26O9/c1-5-13-35-26(31)21-11-9-19(17-23(21)28(33)37-15-7-3)25(30)20-10-12-22(27(32)36-14-6-2)24(18-20)29(34)38-16-8-4/h5-12,17-18H,1-4,13-16H2. The molecule has 0 radical (unpaired) electrons. The third kappa shape index (κ3) is 7.47. The highest BCUT2D eigenvalue weighted by Crippen LogP contribution is 2.21. The summed E-state index contributed by atoms with van der Waals surface area (Å²) in [5, 5.41) is 0. The Balaban J connectivity index is 2.54. The van der Waals surface area contributed by atoms with E-state index in [0.717, 1.165) is 0 Å². The van der Waals surface area contributed by atoms with Crippen molar-refractivity contribution in [1.29, 1.82) is 0 Å². The van der Waals surface area contributed by atoms with Gasteiger partial charge in [-0.3, -0.25) is 4.79 Å². The molecule has 0 bridgehead atoms. The molecular formula is C29H26O9. The summed E-state index contributed by atoms with van der Waals surface area (Å²) in [4.78, 5) is 63.5. The molecule has 0 aliphatic carbocycles. The summed E-state index contributed by atoms with van der Waals surface area (Å²) in [6.45, 7) is 13.4. The highest BCUT2D eigenvalue weighted by atomic mass is 16.5. The molecule has 0 saturated carbocycles. The minimum Gasteiger partial charge on any atom is -0.458 e. The zero-order valence-electron chi connectivity index (χ0n) is 20.6. The summed E-state index contributed by atoms with van der Waals surface area (Å²) in [6.07, 6.45) is 5.41. The maximum atomic E-state index is 13.3. The molecular weight excluding hydrogens is 492 g/mol. The van der Waals surface area contributed by atoms with Crippen molar-refractivity contribution < 1.29 is 42.9 Å². The Morgan fingerprint density at radius 3 is 1.08 bits per heavy atom. The lowest BCUT2D eigenvalue weighted by Crippen LogP contribution is -2.17. The molecule has 0 N–H and O–H groups in total. The second-order valence-electron chi connectivity index (χ2n) is 7.40. The number of carbonyl (C=O) groups is 5. The highest BCUT2D eigenvalue weighted by Gasteiger charge is 2.25. The minimum atomic E-state index is -0.876. The number of benzene rings is 2. The maximum Gasteiger partial charge on any atom is 0.339 e. The predicted molar refractivity (Wildman–Crippen MR) is 138 cm³/mol. The lowest BCUT2D eigenvalue weighted by molar-refractivity contribution is 0.0502. The van der Waals surface area contributed by atoms with Gasteiger partial charge in [0.15, 0.2) is 5.78 Å². The van der Waals surface area contributed by atoms with Crippen molar-refractivity contribution >= 4 is 29.7 Å². The molecule has 38 heavy (non-hydrogen) atoms. The van der Waals surface area contributed by atoms with Crippen LogP contribution >= 0.6 is 0 Å². The fourth-order valence-electron chi connectivity index (χ4n) is 3.08. The average Bonchev–Trinajstić information content (AvgIpc) is 2.94. The maximum absolute atomic E-state index is 13.3. The van der Waals surface area contributed by atoms with Gasteiger partial charge in [0.05, 0.1) is 22.3 Å². The van der Waals surface area contributed by atoms with Crippen molar-refractivity contribution in [1.82, 2.24) is 0 Å². The SMILES string of the molecule is C=CCOC(=O)c1ccc(C(=O)c2ccc(C(=O)OCC=C)c(C(=O)OCC=C)c2)cc1C(=O)OCC=C. The third-order valence-corrected chi connectivity index (χ3v) is 4.77. The molecule has 9 heteroatoms. The van der Waals surface area contributed by atoms with Crippen LogP contribution in [0.25, 0.3) is 0 Å². The lowest BCUT2D eigenvalue weighted by atomic mass is 9.95. The molecule has 0 heterocycles. The Labute approximate surface area is 219 Å². The van der Waals surface area contributed by atoms with Crippen molar-refractivity contribution in [2.45, 2.75) is 0 Å². The third-order valence-electron chi connectivity index (χ3n) is 4.77. The monoisotopic (exact) mass is 518 g/mol. The normalized spacial score (nSPS) is 9.89. The number of ether oxygens (including phenoxy) is 4. The van der Waals surface area contributed by atoms with Crippen molar-refractivity contribution in [3.8, 4) is 0 Å². The van der Waals surface area contributed by atoms with Crippen LogP contribution in [0, 0.1) is 0 Å². The fourth-order valence-corrected chi connectivity index (χ4v) is 3.08. The molecule has 196 valence electrons. The van der Waals surface area contributed by atoms with Crippen LogP contribution in [0.1, 0.15) is 57.4 Å². The van der Waals surface area contributed by atoms with Crippen molar-refractivity contribution in [3.63, 3.8) is 0 Å². The van der Waals surface area contributed by atoms with Crippen LogP contribution in [0.5, 0.6) is 0 Å². The molecule has 0 amide bonds. The molecule has 2 aromatic rings. The molecule has 2 aromatic carbocycles. The van der Waals surface area contributed by atoms with Crippen LogP contribution in [0.3, 0.4) is 0 Å². The van der Waals surface area contributed by atoms with Gasteiger partial charge in [0.25, 0.3) is 0 Å². The predicted octanol–water partition coefficient (Wildman–Crippen LogP) is 4.29. The van der Waals surface area contributed by atoms with Gasteiger partial charge in [-0.2, -0.15) is 0 Å². The van der Waals surface area contributed by atoms with Gasteiger partial charge in [-0.25, -0.2) is 19.2 Å². The molecule has 0 saturated heterocycles. The van der Waals surface area contributed by atoms with Crippen LogP contribution < -0.4 is 0 Å². The van der Waals surface area contributed by atoms with E-state index in [1.165, 1.54) is 60.7 Å². The fraction of sp³-hybridized carbons (Fsp3) is 0.138. The first-order chi connectivity index (χ1) is 18.3. The lowest BCUT2D eigenvalue weighted by Gasteiger charge is -2.12. The second kappa shape index (κ2) is 14.5. The second-order valence-corrected chi connectivity index (χ2v) is 7.40. The van der Waals surface area contributed by atoms with Gasteiger partial charge in [0.2, 0.25) is 0 Å². The Morgan fingerprint density at radius 2 is 0.789 bits per heavy atom. The van der Waals surface area contributed by atoms with Gasteiger partial charge in [-0.15, -0.1) is 0 Å². The quantitative estimate of drug-likeness (QED) is 0.156. The van der Waals surface area contributed by atoms with E-state index in [2.05, 4.69) is 26.3 Å². The number of hydrogen-bond acceptors (Lipinski definition) is 9. The molecule has 0 atom stereocenters. The summed E-state index contributed by atoms with van der Waals surface area (Å²) < 4.78 is 20.1. The number of esters is 4. The van der Waals surface area contributed by atoms with Crippen LogP contribution in [-0.4, -0.2) is 56.1 Å². The Kier molecular flexibility index (Phi) is 11.1. The Morgan fingerprint density at radius 1 is 0.500 bits per heavy atom. The Bertz CT molecular complexity index is 1190. The molecule has 0 aliphatic heterocycles. The smallest absolute Gasteiger partial charge is 0.339 e. The summed E-state index contributed by atoms with van der Waals surface area (Å²) in [7, 11) is 0. The van der Waals surface area contributed by atoms with E-state index in [0.29, 0.717) is 0 Å². The van der Waals surface area contributed by atoms with E-state index in [1.807, 2.05) is 0 Å².